The third-order valence-electron chi connectivity index (χ3n) is 7.86. The Bertz CT molecular complexity index is 728. The fourth-order valence-corrected chi connectivity index (χ4v) is 6.39. The fraction of sp³-hybridized carbons (Fsp3) is 0.652. The zero-order valence-electron chi connectivity index (χ0n) is 16.4. The number of hydrogen-bond donors (Lipinski definition) is 0. The van der Waals surface area contributed by atoms with Gasteiger partial charge in [0.25, 0.3) is 0 Å². The molecular formula is C23H31ClO2. The SMILES string of the molecule is CC(C)C(=O)[C@H]1CC[C@H]2[C@@H]3CCC4=CC(=O)C=C[C@]4(C)C3=CC[C@]12C.Cl. The van der Waals surface area contributed by atoms with Crippen molar-refractivity contribution >= 4 is 24.0 Å². The highest BCUT2D eigenvalue weighted by Crippen LogP contribution is 2.64. The monoisotopic (exact) mass is 374 g/mol. The topological polar surface area (TPSA) is 34.1 Å². The van der Waals surface area contributed by atoms with Gasteiger partial charge < -0.3 is 0 Å². The van der Waals surface area contributed by atoms with Crippen molar-refractivity contribution in [2.24, 2.45) is 34.5 Å². The first-order valence-electron chi connectivity index (χ1n) is 9.96. The Morgan fingerprint density at radius 3 is 2.62 bits per heavy atom. The van der Waals surface area contributed by atoms with E-state index in [0.29, 0.717) is 17.6 Å². The Labute approximate surface area is 163 Å². The Morgan fingerprint density at radius 1 is 1.19 bits per heavy atom. The molecule has 5 atom stereocenters. The van der Waals surface area contributed by atoms with E-state index in [0.717, 1.165) is 25.7 Å². The van der Waals surface area contributed by atoms with E-state index in [4.69, 9.17) is 0 Å². The number of carbonyl (C=O) groups excluding carboxylic acids is 2. The number of carbonyl (C=O) groups is 2. The zero-order valence-corrected chi connectivity index (χ0v) is 17.2. The van der Waals surface area contributed by atoms with Gasteiger partial charge in [-0.1, -0.05) is 44.1 Å². The van der Waals surface area contributed by atoms with Crippen LogP contribution in [0, 0.1) is 34.5 Å². The van der Waals surface area contributed by atoms with Crippen molar-refractivity contribution in [3.8, 4) is 0 Å². The van der Waals surface area contributed by atoms with E-state index in [9.17, 15) is 9.59 Å². The summed E-state index contributed by atoms with van der Waals surface area (Å²) in [5.74, 6) is 2.15. The van der Waals surface area contributed by atoms with E-state index in [-0.39, 0.29) is 40.9 Å². The van der Waals surface area contributed by atoms with Gasteiger partial charge in [-0.05, 0) is 68.4 Å². The lowest BCUT2D eigenvalue weighted by molar-refractivity contribution is -0.130. The molecule has 0 amide bonds. The normalized spacial score (nSPS) is 40.8. The van der Waals surface area contributed by atoms with Crippen molar-refractivity contribution < 1.29 is 9.59 Å². The summed E-state index contributed by atoms with van der Waals surface area (Å²) in [6.07, 6.45) is 13.6. The minimum absolute atomic E-state index is 0. The zero-order chi connectivity index (χ0) is 18.0. The smallest absolute Gasteiger partial charge is 0.178 e. The van der Waals surface area contributed by atoms with Crippen molar-refractivity contribution in [1.29, 1.82) is 0 Å². The van der Waals surface area contributed by atoms with Gasteiger partial charge in [-0.15, -0.1) is 12.4 Å². The summed E-state index contributed by atoms with van der Waals surface area (Å²) in [5, 5.41) is 0. The van der Waals surface area contributed by atoms with Gasteiger partial charge in [0.1, 0.15) is 5.78 Å². The lowest BCUT2D eigenvalue weighted by Gasteiger charge is -2.52. The summed E-state index contributed by atoms with van der Waals surface area (Å²) in [6, 6.07) is 0. The van der Waals surface area contributed by atoms with Gasteiger partial charge in [0.15, 0.2) is 5.78 Å². The number of ketones is 2. The third-order valence-corrected chi connectivity index (χ3v) is 7.86. The predicted octanol–water partition coefficient (Wildman–Crippen LogP) is 5.48. The highest BCUT2D eigenvalue weighted by molar-refractivity contribution is 6.01. The number of allylic oxidation sites excluding steroid dienone is 6. The van der Waals surface area contributed by atoms with Crippen molar-refractivity contribution in [3.05, 3.63) is 35.5 Å². The number of hydrogen-bond acceptors (Lipinski definition) is 2. The Hall–Kier alpha value is -1.15. The fourth-order valence-electron chi connectivity index (χ4n) is 6.39. The molecule has 2 nitrogen and oxygen atoms in total. The first-order chi connectivity index (χ1) is 11.8. The van der Waals surface area contributed by atoms with Crippen LogP contribution in [0.3, 0.4) is 0 Å². The molecule has 26 heavy (non-hydrogen) atoms. The van der Waals surface area contributed by atoms with Gasteiger partial charge in [-0.25, -0.2) is 0 Å². The highest BCUT2D eigenvalue weighted by Gasteiger charge is 2.56. The molecule has 0 saturated heterocycles. The van der Waals surface area contributed by atoms with Gasteiger partial charge in [-0.2, -0.15) is 0 Å². The molecule has 0 heterocycles. The van der Waals surface area contributed by atoms with Crippen LogP contribution in [-0.4, -0.2) is 11.6 Å². The second-order valence-corrected chi connectivity index (χ2v) is 9.42. The van der Waals surface area contributed by atoms with Crippen molar-refractivity contribution in [2.75, 3.05) is 0 Å². The van der Waals surface area contributed by atoms with E-state index < -0.39 is 0 Å². The summed E-state index contributed by atoms with van der Waals surface area (Å²) in [7, 11) is 0. The third kappa shape index (κ3) is 2.59. The predicted molar refractivity (Wildman–Crippen MR) is 107 cm³/mol. The van der Waals surface area contributed by atoms with E-state index in [1.807, 2.05) is 19.9 Å². The summed E-state index contributed by atoms with van der Waals surface area (Å²) in [5.41, 5.74) is 2.87. The second-order valence-electron chi connectivity index (χ2n) is 9.42. The number of Topliss-reactive ketones (excluding diaryl/α,β-unsaturated/α-hetero) is 1. The lowest BCUT2D eigenvalue weighted by atomic mass is 9.52. The molecule has 0 unspecified atom stereocenters. The van der Waals surface area contributed by atoms with Gasteiger partial charge in [0.05, 0.1) is 0 Å². The van der Waals surface area contributed by atoms with Crippen LogP contribution in [0.5, 0.6) is 0 Å². The summed E-state index contributed by atoms with van der Waals surface area (Å²) < 4.78 is 0. The van der Waals surface area contributed by atoms with Crippen LogP contribution < -0.4 is 0 Å². The largest absolute Gasteiger partial charge is 0.299 e. The average Bonchev–Trinajstić information content (AvgIpc) is 2.92. The van der Waals surface area contributed by atoms with Gasteiger partial charge in [0, 0.05) is 17.3 Å². The standard InChI is InChI=1S/C23H30O2.ClH/c1-14(2)21(25)20-8-7-18-17-6-5-15-13-16(24)9-11-22(15,3)19(17)10-12-23(18,20)4;/h9-11,13-14,17-18,20H,5-8,12H2,1-4H3;1H/t17-,18-,20+,22-,23-;/m0./s1. The van der Waals surface area contributed by atoms with Crippen molar-refractivity contribution in [2.45, 2.75) is 59.8 Å². The quantitative estimate of drug-likeness (QED) is 0.600. The summed E-state index contributed by atoms with van der Waals surface area (Å²) >= 11 is 0. The van der Waals surface area contributed by atoms with Crippen LogP contribution in [0.25, 0.3) is 0 Å². The minimum Gasteiger partial charge on any atom is -0.299 e. The van der Waals surface area contributed by atoms with E-state index in [1.165, 1.54) is 17.6 Å². The molecule has 2 fully saturated rings. The van der Waals surface area contributed by atoms with Crippen molar-refractivity contribution in [3.63, 3.8) is 0 Å². The van der Waals surface area contributed by atoms with Crippen LogP contribution >= 0.6 is 12.4 Å². The molecule has 0 aliphatic heterocycles. The number of fused-ring (bicyclic) bond motifs is 5. The van der Waals surface area contributed by atoms with E-state index in [1.54, 1.807) is 6.08 Å². The average molecular weight is 375 g/mol. The minimum atomic E-state index is -0.0711. The van der Waals surface area contributed by atoms with Gasteiger partial charge in [-0.3, -0.25) is 9.59 Å². The molecule has 4 rings (SSSR count). The maximum absolute atomic E-state index is 12.8. The molecule has 0 radical (unpaired) electrons. The summed E-state index contributed by atoms with van der Waals surface area (Å²) in [6.45, 7) is 8.75. The van der Waals surface area contributed by atoms with E-state index >= 15 is 0 Å². The number of rotatable bonds is 2. The molecule has 3 heteroatoms. The van der Waals surface area contributed by atoms with Gasteiger partial charge >= 0.3 is 0 Å². The lowest BCUT2D eigenvalue weighted by Crippen LogP contribution is -2.45. The molecule has 0 bridgehead atoms. The summed E-state index contributed by atoms with van der Waals surface area (Å²) in [4.78, 5) is 24.6. The molecule has 0 aromatic rings. The molecule has 0 N–H and O–H groups in total. The first kappa shape index (κ1) is 19.6. The first-order valence-corrected chi connectivity index (χ1v) is 9.96. The van der Waals surface area contributed by atoms with Crippen LogP contribution in [-0.2, 0) is 9.59 Å². The van der Waals surface area contributed by atoms with Gasteiger partial charge in [0.2, 0.25) is 0 Å². The van der Waals surface area contributed by atoms with Crippen LogP contribution in [0.1, 0.15) is 59.8 Å². The molecule has 142 valence electrons. The molecule has 4 aliphatic carbocycles. The Kier molecular flexibility index (Phi) is 4.88. The van der Waals surface area contributed by atoms with E-state index in [2.05, 4.69) is 26.0 Å². The van der Waals surface area contributed by atoms with Crippen LogP contribution in [0.4, 0.5) is 0 Å². The van der Waals surface area contributed by atoms with Crippen LogP contribution in [0.15, 0.2) is 35.5 Å². The maximum atomic E-state index is 12.8. The molecule has 0 aromatic heterocycles. The van der Waals surface area contributed by atoms with Crippen LogP contribution in [0.2, 0.25) is 0 Å². The molecule has 0 aromatic carbocycles. The Balaban J connectivity index is 0.00000196. The highest BCUT2D eigenvalue weighted by atomic mass is 35.5. The molecule has 2 saturated carbocycles. The van der Waals surface area contributed by atoms with Crippen molar-refractivity contribution in [1.82, 2.24) is 0 Å². The molecular weight excluding hydrogens is 344 g/mol. The molecule has 0 spiro atoms. The Morgan fingerprint density at radius 2 is 1.92 bits per heavy atom. The second kappa shape index (κ2) is 6.48. The maximum Gasteiger partial charge on any atom is 0.178 e. The number of halogens is 1. The molecule has 4 aliphatic rings.